The van der Waals surface area contributed by atoms with Crippen LogP contribution in [0.3, 0.4) is 0 Å². The molecule has 0 aliphatic rings. The first-order valence-corrected chi connectivity index (χ1v) is 5.65. The third-order valence-corrected chi connectivity index (χ3v) is 3.21. The van der Waals surface area contributed by atoms with Gasteiger partial charge in [0.2, 0.25) is 0 Å². The van der Waals surface area contributed by atoms with Gasteiger partial charge in [-0.1, -0.05) is 11.8 Å². The Kier molecular flexibility index (Phi) is 3.76. The number of aromatic nitrogens is 1. The van der Waals surface area contributed by atoms with Crippen molar-refractivity contribution in [3.8, 4) is 0 Å². The Balaban J connectivity index is 2.69. The predicted molar refractivity (Wildman–Crippen MR) is 60.9 cm³/mol. The number of hydrogen-bond donors (Lipinski definition) is 1. The van der Waals surface area contributed by atoms with E-state index in [2.05, 4.69) is 34.8 Å². The van der Waals surface area contributed by atoms with E-state index >= 15 is 0 Å². The van der Waals surface area contributed by atoms with Crippen LogP contribution in [0.4, 0.5) is 0 Å². The zero-order valence-electron chi connectivity index (χ0n) is 7.75. The van der Waals surface area contributed by atoms with Gasteiger partial charge in [0.05, 0.1) is 5.03 Å². The highest BCUT2D eigenvalue weighted by atomic mass is 79.9. The Morgan fingerprint density at radius 1 is 1.54 bits per heavy atom. The summed E-state index contributed by atoms with van der Waals surface area (Å²) < 4.78 is 1.06. The highest BCUT2D eigenvalue weighted by molar-refractivity contribution is 9.10. The first kappa shape index (κ1) is 11.0. The monoisotopic (exact) mass is 260 g/mol. The fraction of sp³-hybridized carbons (Fsp3) is 0.444. The van der Waals surface area contributed by atoms with E-state index in [1.165, 1.54) is 0 Å². The molecule has 13 heavy (non-hydrogen) atoms. The van der Waals surface area contributed by atoms with Gasteiger partial charge in [-0.3, -0.25) is 0 Å². The lowest BCUT2D eigenvalue weighted by Crippen LogP contribution is -2.26. The topological polar surface area (TPSA) is 38.9 Å². The summed E-state index contributed by atoms with van der Waals surface area (Å²) in [5.74, 6) is 0. The number of pyridine rings is 1. The summed E-state index contributed by atoms with van der Waals surface area (Å²) in [5.41, 5.74) is 5.63. The summed E-state index contributed by atoms with van der Waals surface area (Å²) in [7, 11) is 0. The molecule has 0 aromatic carbocycles. The van der Waals surface area contributed by atoms with Crippen molar-refractivity contribution in [1.29, 1.82) is 0 Å². The number of rotatable bonds is 3. The fourth-order valence-electron chi connectivity index (χ4n) is 0.747. The minimum Gasteiger partial charge on any atom is -0.329 e. The Hall–Kier alpha value is -0.0600. The van der Waals surface area contributed by atoms with E-state index in [-0.39, 0.29) is 4.75 Å². The van der Waals surface area contributed by atoms with Crippen molar-refractivity contribution in [3.05, 3.63) is 22.8 Å². The molecule has 0 bridgehead atoms. The third-order valence-electron chi connectivity index (χ3n) is 1.57. The molecule has 0 saturated heterocycles. The maximum absolute atomic E-state index is 5.63. The highest BCUT2D eigenvalue weighted by Crippen LogP contribution is 2.30. The van der Waals surface area contributed by atoms with Gasteiger partial charge >= 0.3 is 0 Å². The van der Waals surface area contributed by atoms with Crippen molar-refractivity contribution >= 4 is 27.7 Å². The molecule has 4 heteroatoms. The molecule has 0 fully saturated rings. The molecule has 1 aromatic heterocycles. The SMILES string of the molecule is CC(C)(CN)Sc1ccc(Br)cn1. The molecule has 1 heterocycles. The molecule has 1 aromatic rings. The van der Waals surface area contributed by atoms with E-state index < -0.39 is 0 Å². The summed E-state index contributed by atoms with van der Waals surface area (Å²) in [4.78, 5) is 4.27. The average Bonchev–Trinajstić information content (AvgIpc) is 2.09. The van der Waals surface area contributed by atoms with Crippen molar-refractivity contribution in [2.75, 3.05) is 6.54 Å². The maximum Gasteiger partial charge on any atom is 0.0966 e. The van der Waals surface area contributed by atoms with Crippen LogP contribution < -0.4 is 5.73 Å². The summed E-state index contributed by atoms with van der Waals surface area (Å²) in [6.07, 6.45) is 1.80. The lowest BCUT2D eigenvalue weighted by molar-refractivity contribution is 0.721. The van der Waals surface area contributed by atoms with Gasteiger partial charge < -0.3 is 5.73 Å². The van der Waals surface area contributed by atoms with E-state index in [9.17, 15) is 0 Å². The van der Waals surface area contributed by atoms with Gasteiger partial charge in [0, 0.05) is 22.0 Å². The first-order chi connectivity index (χ1) is 6.03. The molecule has 0 amide bonds. The normalized spacial score (nSPS) is 11.7. The number of nitrogens with zero attached hydrogens (tertiary/aromatic N) is 1. The number of nitrogens with two attached hydrogens (primary N) is 1. The summed E-state index contributed by atoms with van der Waals surface area (Å²) in [6, 6.07) is 3.98. The molecule has 0 spiro atoms. The summed E-state index contributed by atoms with van der Waals surface area (Å²) >= 11 is 5.04. The van der Waals surface area contributed by atoms with Crippen molar-refractivity contribution < 1.29 is 0 Å². The zero-order chi connectivity index (χ0) is 9.90. The number of hydrogen-bond acceptors (Lipinski definition) is 3. The van der Waals surface area contributed by atoms with E-state index in [0.717, 1.165) is 9.50 Å². The fourth-order valence-corrected chi connectivity index (χ4v) is 1.87. The largest absolute Gasteiger partial charge is 0.329 e. The molecule has 0 aliphatic carbocycles. The van der Waals surface area contributed by atoms with E-state index in [1.54, 1.807) is 18.0 Å². The van der Waals surface area contributed by atoms with Crippen LogP contribution in [0.5, 0.6) is 0 Å². The zero-order valence-corrected chi connectivity index (χ0v) is 10.2. The Labute approximate surface area is 91.4 Å². The van der Waals surface area contributed by atoms with Crippen molar-refractivity contribution in [2.45, 2.75) is 23.6 Å². The molecule has 0 atom stereocenters. The second-order valence-corrected chi connectivity index (χ2v) is 6.02. The van der Waals surface area contributed by atoms with Crippen LogP contribution in [0.25, 0.3) is 0 Å². The second kappa shape index (κ2) is 4.44. The smallest absolute Gasteiger partial charge is 0.0966 e. The van der Waals surface area contributed by atoms with Crippen LogP contribution >= 0.6 is 27.7 Å². The van der Waals surface area contributed by atoms with E-state index in [4.69, 9.17) is 5.73 Å². The maximum atomic E-state index is 5.63. The predicted octanol–water partition coefficient (Wildman–Crippen LogP) is 2.67. The van der Waals surface area contributed by atoms with Gasteiger partial charge in [-0.05, 0) is 41.9 Å². The summed E-state index contributed by atoms with van der Waals surface area (Å²) in [6.45, 7) is 4.87. The minimum atomic E-state index is 0.0564. The van der Waals surface area contributed by atoms with Crippen LogP contribution in [0, 0.1) is 0 Å². The number of halogens is 1. The van der Waals surface area contributed by atoms with Gasteiger partial charge in [-0.2, -0.15) is 0 Å². The average molecular weight is 261 g/mol. The van der Waals surface area contributed by atoms with Crippen LogP contribution in [-0.2, 0) is 0 Å². The molecule has 0 radical (unpaired) electrons. The second-order valence-electron chi connectivity index (χ2n) is 3.38. The van der Waals surface area contributed by atoms with Gasteiger partial charge in [0.15, 0.2) is 0 Å². The minimum absolute atomic E-state index is 0.0564. The molecule has 2 N–H and O–H groups in total. The van der Waals surface area contributed by atoms with Crippen LogP contribution in [0.15, 0.2) is 27.8 Å². The highest BCUT2D eigenvalue weighted by Gasteiger charge is 2.17. The van der Waals surface area contributed by atoms with Crippen molar-refractivity contribution in [2.24, 2.45) is 5.73 Å². The van der Waals surface area contributed by atoms with Crippen molar-refractivity contribution in [1.82, 2.24) is 4.98 Å². The lowest BCUT2D eigenvalue weighted by Gasteiger charge is -2.20. The quantitative estimate of drug-likeness (QED) is 0.850. The van der Waals surface area contributed by atoms with E-state index in [0.29, 0.717) is 6.54 Å². The molecule has 72 valence electrons. The standard InChI is InChI=1S/C9H13BrN2S/c1-9(2,6-11)13-8-4-3-7(10)5-12-8/h3-5H,6,11H2,1-2H3. The molecule has 2 nitrogen and oxygen atoms in total. The van der Waals surface area contributed by atoms with Crippen molar-refractivity contribution in [3.63, 3.8) is 0 Å². The Morgan fingerprint density at radius 3 is 2.69 bits per heavy atom. The molecular formula is C9H13BrN2S. The molecule has 0 unspecified atom stereocenters. The van der Waals surface area contributed by atoms with Crippen LogP contribution in [-0.4, -0.2) is 16.3 Å². The van der Waals surface area contributed by atoms with Gasteiger partial charge in [0.1, 0.15) is 0 Å². The number of thioether (sulfide) groups is 1. The van der Waals surface area contributed by atoms with Gasteiger partial charge in [-0.25, -0.2) is 4.98 Å². The molecule has 1 rings (SSSR count). The first-order valence-electron chi connectivity index (χ1n) is 4.04. The lowest BCUT2D eigenvalue weighted by atomic mass is 10.2. The Morgan fingerprint density at radius 2 is 2.23 bits per heavy atom. The van der Waals surface area contributed by atoms with Gasteiger partial charge in [-0.15, -0.1) is 0 Å². The third kappa shape index (κ3) is 3.67. The van der Waals surface area contributed by atoms with E-state index in [1.807, 2.05) is 12.1 Å². The van der Waals surface area contributed by atoms with Crippen LogP contribution in [0.2, 0.25) is 0 Å². The Bertz CT molecular complexity index is 271. The summed E-state index contributed by atoms with van der Waals surface area (Å²) in [5, 5.41) is 1.01. The molecule has 0 aliphatic heterocycles. The van der Waals surface area contributed by atoms with Gasteiger partial charge in [0.25, 0.3) is 0 Å². The molecule has 0 saturated carbocycles. The van der Waals surface area contributed by atoms with Crippen LogP contribution in [0.1, 0.15) is 13.8 Å². The molecular weight excluding hydrogens is 248 g/mol.